The highest BCUT2D eigenvalue weighted by Gasteiger charge is 2.34. The van der Waals surface area contributed by atoms with E-state index in [-0.39, 0.29) is 11.3 Å². The predicted octanol–water partition coefficient (Wildman–Crippen LogP) is 2.27. The zero-order chi connectivity index (χ0) is 14.0. The van der Waals surface area contributed by atoms with Crippen LogP contribution in [0, 0.1) is 0 Å². The zero-order valence-electron chi connectivity index (χ0n) is 9.53. The fourth-order valence-electron chi connectivity index (χ4n) is 1.53. The molecule has 2 N–H and O–H groups in total. The summed E-state index contributed by atoms with van der Waals surface area (Å²) in [6, 6.07) is 5.80. The maximum Gasteiger partial charge on any atom is 0.449 e. The number of rotatable bonds is 3. The quantitative estimate of drug-likeness (QED) is 0.841. The molecular weight excluding hydrogens is 261 g/mol. The van der Waals surface area contributed by atoms with Gasteiger partial charge in [0.05, 0.1) is 5.69 Å². The molecule has 2 rings (SSSR count). The van der Waals surface area contributed by atoms with Gasteiger partial charge in [0, 0.05) is 17.3 Å². The van der Waals surface area contributed by atoms with Crippen LogP contribution in [0.25, 0.3) is 11.3 Å². The molecule has 0 unspecified atom stereocenters. The van der Waals surface area contributed by atoms with E-state index in [1.807, 2.05) is 4.98 Å². The number of imidazole rings is 1. The molecule has 0 saturated heterocycles. The number of H-pyrrole nitrogens is 1. The average Bonchev–Trinajstić information content (AvgIpc) is 2.87. The number of halogens is 3. The van der Waals surface area contributed by atoms with Gasteiger partial charge in [0.25, 0.3) is 0 Å². The summed E-state index contributed by atoms with van der Waals surface area (Å²) in [5.41, 5.74) is 0.870. The first-order valence-electron chi connectivity index (χ1n) is 5.29. The summed E-state index contributed by atoms with van der Waals surface area (Å²) < 4.78 is 37.1. The van der Waals surface area contributed by atoms with Gasteiger partial charge in [0.15, 0.2) is 5.78 Å². The second-order valence-electron chi connectivity index (χ2n) is 3.79. The molecule has 7 heteroatoms. The molecule has 1 heterocycles. The van der Waals surface area contributed by atoms with E-state index in [1.165, 1.54) is 24.3 Å². The van der Waals surface area contributed by atoms with Crippen LogP contribution in [0.1, 0.15) is 16.2 Å². The van der Waals surface area contributed by atoms with E-state index in [4.69, 9.17) is 5.11 Å². The van der Waals surface area contributed by atoms with E-state index in [0.29, 0.717) is 5.56 Å². The Morgan fingerprint density at radius 2 is 1.89 bits per heavy atom. The number of aliphatic hydroxyl groups excluding tert-OH is 1. The second-order valence-corrected chi connectivity index (χ2v) is 3.79. The van der Waals surface area contributed by atoms with Crippen molar-refractivity contribution in [3.8, 4) is 11.3 Å². The molecule has 2 aromatic rings. The van der Waals surface area contributed by atoms with Crippen molar-refractivity contribution in [2.24, 2.45) is 0 Å². The number of nitrogens with zero attached hydrogens (tertiary/aromatic N) is 1. The normalized spacial score (nSPS) is 11.6. The smallest absolute Gasteiger partial charge is 0.388 e. The number of benzene rings is 1. The van der Waals surface area contributed by atoms with E-state index in [1.54, 1.807) is 0 Å². The van der Waals surface area contributed by atoms with Gasteiger partial charge < -0.3 is 10.1 Å². The van der Waals surface area contributed by atoms with Crippen LogP contribution >= 0.6 is 0 Å². The van der Waals surface area contributed by atoms with Crippen molar-refractivity contribution in [1.29, 1.82) is 0 Å². The number of hydrogen-bond acceptors (Lipinski definition) is 3. The summed E-state index contributed by atoms with van der Waals surface area (Å²) in [7, 11) is 0. The Balaban J connectivity index is 2.28. The van der Waals surface area contributed by atoms with Crippen LogP contribution in [0.3, 0.4) is 0 Å². The van der Waals surface area contributed by atoms with Gasteiger partial charge >= 0.3 is 6.18 Å². The van der Waals surface area contributed by atoms with Crippen LogP contribution < -0.4 is 0 Å². The molecule has 0 fully saturated rings. The number of aromatic nitrogens is 2. The van der Waals surface area contributed by atoms with Crippen molar-refractivity contribution >= 4 is 5.78 Å². The molecule has 1 aromatic heterocycles. The van der Waals surface area contributed by atoms with E-state index < -0.39 is 24.4 Å². The highest BCUT2D eigenvalue weighted by Crippen LogP contribution is 2.28. The molecule has 100 valence electrons. The molecule has 4 nitrogen and oxygen atoms in total. The molecule has 0 aliphatic rings. The van der Waals surface area contributed by atoms with E-state index in [9.17, 15) is 18.0 Å². The summed E-state index contributed by atoms with van der Waals surface area (Å²) in [5, 5.41) is 8.68. The van der Waals surface area contributed by atoms with Crippen molar-refractivity contribution in [3.63, 3.8) is 0 Å². The summed E-state index contributed by atoms with van der Waals surface area (Å²) in [6.45, 7) is -0.611. The van der Waals surface area contributed by atoms with Crippen molar-refractivity contribution in [1.82, 2.24) is 9.97 Å². The Hall–Kier alpha value is -2.15. The van der Waals surface area contributed by atoms with Crippen LogP contribution in [-0.2, 0) is 6.18 Å². The number of carbonyl (C=O) groups excluding carboxylic acids is 1. The van der Waals surface area contributed by atoms with Gasteiger partial charge in [-0.25, -0.2) is 4.98 Å². The van der Waals surface area contributed by atoms with Crippen LogP contribution in [0.5, 0.6) is 0 Å². The fourth-order valence-corrected chi connectivity index (χ4v) is 1.53. The lowest BCUT2D eigenvalue weighted by molar-refractivity contribution is -0.144. The minimum absolute atomic E-state index is 0.135. The van der Waals surface area contributed by atoms with Crippen LogP contribution in [0.15, 0.2) is 30.5 Å². The molecule has 1 aromatic carbocycles. The first-order valence-corrected chi connectivity index (χ1v) is 5.29. The van der Waals surface area contributed by atoms with Gasteiger partial charge in [-0.15, -0.1) is 0 Å². The second kappa shape index (κ2) is 4.85. The first-order chi connectivity index (χ1) is 8.91. The van der Waals surface area contributed by atoms with Crippen LogP contribution in [-0.4, -0.2) is 27.5 Å². The number of nitrogens with one attached hydrogen (secondary N) is 1. The predicted molar refractivity (Wildman–Crippen MR) is 60.4 cm³/mol. The monoisotopic (exact) mass is 270 g/mol. The van der Waals surface area contributed by atoms with Gasteiger partial charge in [-0.3, -0.25) is 4.79 Å². The molecule has 0 atom stereocenters. The third kappa shape index (κ3) is 2.82. The maximum absolute atomic E-state index is 12.4. The van der Waals surface area contributed by atoms with Crippen molar-refractivity contribution < 1.29 is 23.1 Å². The Labute approximate surface area is 105 Å². The van der Waals surface area contributed by atoms with Gasteiger partial charge in [-0.1, -0.05) is 24.3 Å². The number of aromatic amines is 1. The topological polar surface area (TPSA) is 66.0 Å². The number of carbonyl (C=O) groups is 1. The SMILES string of the molecule is O=C(CO)c1ccc(-c2c[nH]c(C(F)(F)F)n2)cc1. The lowest BCUT2D eigenvalue weighted by atomic mass is 10.1. The van der Waals surface area contributed by atoms with Crippen molar-refractivity contribution in [2.45, 2.75) is 6.18 Å². The molecule has 0 amide bonds. The molecule has 0 spiro atoms. The standard InChI is InChI=1S/C12H9F3N2O2/c13-12(14,15)11-16-5-9(17-11)7-1-3-8(4-2-7)10(19)6-18/h1-5,18H,6H2,(H,16,17). The van der Waals surface area contributed by atoms with E-state index in [2.05, 4.69) is 4.98 Å². The highest BCUT2D eigenvalue weighted by atomic mass is 19.4. The van der Waals surface area contributed by atoms with E-state index >= 15 is 0 Å². The Bertz CT molecular complexity index is 588. The summed E-state index contributed by atoms with van der Waals surface area (Å²) in [4.78, 5) is 16.7. The summed E-state index contributed by atoms with van der Waals surface area (Å²) in [5.74, 6) is -1.53. The molecule has 0 radical (unpaired) electrons. The van der Waals surface area contributed by atoms with Crippen molar-refractivity contribution in [3.05, 3.63) is 41.9 Å². The van der Waals surface area contributed by atoms with Crippen LogP contribution in [0.4, 0.5) is 13.2 Å². The van der Waals surface area contributed by atoms with Gasteiger partial charge in [0.1, 0.15) is 6.61 Å². The third-order valence-electron chi connectivity index (χ3n) is 2.49. The molecule has 0 aliphatic heterocycles. The largest absolute Gasteiger partial charge is 0.449 e. The van der Waals surface area contributed by atoms with Crippen LogP contribution in [0.2, 0.25) is 0 Å². The van der Waals surface area contributed by atoms with Gasteiger partial charge in [-0.2, -0.15) is 13.2 Å². The lowest BCUT2D eigenvalue weighted by Crippen LogP contribution is -2.07. The number of ketones is 1. The Kier molecular flexibility index (Phi) is 3.39. The lowest BCUT2D eigenvalue weighted by Gasteiger charge is -2.01. The fraction of sp³-hybridized carbons (Fsp3) is 0.167. The van der Waals surface area contributed by atoms with Crippen molar-refractivity contribution in [2.75, 3.05) is 6.61 Å². The van der Waals surface area contributed by atoms with Gasteiger partial charge in [0.2, 0.25) is 5.82 Å². The third-order valence-corrected chi connectivity index (χ3v) is 2.49. The number of Topliss-reactive ketones (excluding diaryl/α,β-unsaturated/α-hetero) is 1. The molecule has 0 saturated carbocycles. The highest BCUT2D eigenvalue weighted by molar-refractivity contribution is 5.97. The number of aliphatic hydroxyl groups is 1. The Morgan fingerprint density at radius 1 is 1.26 bits per heavy atom. The maximum atomic E-state index is 12.4. The molecular formula is C12H9F3N2O2. The average molecular weight is 270 g/mol. The number of alkyl halides is 3. The summed E-state index contributed by atoms with van der Waals surface area (Å²) in [6.07, 6.45) is -3.38. The minimum atomic E-state index is -4.52. The molecule has 0 bridgehead atoms. The minimum Gasteiger partial charge on any atom is -0.388 e. The zero-order valence-corrected chi connectivity index (χ0v) is 9.53. The van der Waals surface area contributed by atoms with E-state index in [0.717, 1.165) is 6.20 Å². The number of hydrogen-bond donors (Lipinski definition) is 2. The molecule has 0 aliphatic carbocycles. The first kappa shape index (κ1) is 13.3. The molecule has 19 heavy (non-hydrogen) atoms. The summed E-state index contributed by atoms with van der Waals surface area (Å²) >= 11 is 0. The Morgan fingerprint density at radius 3 is 2.37 bits per heavy atom. The van der Waals surface area contributed by atoms with Gasteiger partial charge in [-0.05, 0) is 0 Å².